The van der Waals surface area contributed by atoms with E-state index in [2.05, 4.69) is 33.2 Å². The Hall–Kier alpha value is -3.01. The van der Waals surface area contributed by atoms with Gasteiger partial charge in [-0.15, -0.1) is 22.7 Å². The maximum Gasteiger partial charge on any atom is 0.344 e. The molecule has 2 aliphatic heterocycles. The zero-order valence-corrected chi connectivity index (χ0v) is 19.7. The normalized spacial score (nSPS) is 22.8. The van der Waals surface area contributed by atoms with Crippen molar-refractivity contribution < 1.29 is 14.4 Å². The van der Waals surface area contributed by atoms with Gasteiger partial charge in [-0.05, 0) is 46.9 Å². The Morgan fingerprint density at radius 3 is 2.67 bits per heavy atom. The molecule has 9 heteroatoms. The number of benzene rings is 1. The van der Waals surface area contributed by atoms with Crippen LogP contribution in [0.15, 0.2) is 59.3 Å². The summed E-state index contributed by atoms with van der Waals surface area (Å²) < 4.78 is 0. The van der Waals surface area contributed by atoms with Gasteiger partial charge >= 0.3 is 6.03 Å². The zero-order chi connectivity index (χ0) is 23.0. The number of amides is 4. The predicted octanol–water partition coefficient (Wildman–Crippen LogP) is 3.65. The first kappa shape index (κ1) is 21.8. The molecule has 33 heavy (non-hydrogen) atoms. The Kier molecular flexibility index (Phi) is 5.77. The third kappa shape index (κ3) is 3.76. The number of nitrogens with zero attached hydrogens (tertiary/aromatic N) is 2. The number of carbonyl (C=O) groups is 3. The summed E-state index contributed by atoms with van der Waals surface area (Å²) in [6.07, 6.45) is 1.25. The molecule has 2 aromatic heterocycles. The van der Waals surface area contributed by atoms with Crippen LogP contribution in [0.5, 0.6) is 0 Å². The van der Waals surface area contributed by atoms with Crippen molar-refractivity contribution in [2.24, 2.45) is 0 Å². The maximum absolute atomic E-state index is 13.3. The molecule has 1 fully saturated rings. The lowest BCUT2D eigenvalue weighted by Gasteiger charge is -2.35. The average molecular weight is 481 g/mol. The van der Waals surface area contributed by atoms with Gasteiger partial charge in [0.2, 0.25) is 0 Å². The second-order valence-electron chi connectivity index (χ2n) is 8.17. The number of nitrogens with one attached hydrogen (secondary N) is 2. The molecule has 0 saturated carbocycles. The summed E-state index contributed by atoms with van der Waals surface area (Å²) in [5.41, 5.74) is 3.31. The van der Waals surface area contributed by atoms with Crippen LogP contribution in [-0.2, 0) is 21.5 Å². The Balaban J connectivity index is 1.34. The highest BCUT2D eigenvalue weighted by Crippen LogP contribution is 2.39. The highest BCUT2D eigenvalue weighted by atomic mass is 32.1. The van der Waals surface area contributed by atoms with E-state index in [1.54, 1.807) is 22.7 Å². The van der Waals surface area contributed by atoms with Gasteiger partial charge < -0.3 is 5.32 Å². The average Bonchev–Trinajstić information content (AvgIpc) is 3.57. The van der Waals surface area contributed by atoms with Crippen LogP contribution in [-0.4, -0.2) is 40.8 Å². The van der Waals surface area contributed by atoms with Crippen molar-refractivity contribution in [3.63, 3.8) is 0 Å². The molecule has 2 aliphatic rings. The van der Waals surface area contributed by atoms with E-state index in [9.17, 15) is 14.4 Å². The first-order valence-electron chi connectivity index (χ1n) is 10.9. The molecular formula is C24H24N4O3S2. The maximum atomic E-state index is 13.3. The van der Waals surface area contributed by atoms with Gasteiger partial charge in [-0.25, -0.2) is 4.79 Å². The van der Waals surface area contributed by atoms with E-state index < -0.39 is 23.4 Å². The number of thiophene rings is 2. The molecule has 7 nitrogen and oxygen atoms in total. The van der Waals surface area contributed by atoms with Crippen molar-refractivity contribution in [2.45, 2.75) is 31.3 Å². The number of urea groups is 1. The molecule has 0 bridgehead atoms. The fourth-order valence-electron chi connectivity index (χ4n) is 4.70. The predicted molar refractivity (Wildman–Crippen MR) is 128 cm³/mol. The van der Waals surface area contributed by atoms with Gasteiger partial charge in [-0.3, -0.25) is 19.9 Å². The molecule has 0 aliphatic carbocycles. The van der Waals surface area contributed by atoms with Gasteiger partial charge in [0.25, 0.3) is 11.8 Å². The third-order valence-electron chi connectivity index (χ3n) is 6.35. The Bertz CT molecular complexity index is 1180. The summed E-state index contributed by atoms with van der Waals surface area (Å²) in [4.78, 5) is 43.7. The van der Waals surface area contributed by atoms with E-state index >= 15 is 0 Å². The lowest BCUT2D eigenvalue weighted by Crippen LogP contribution is -2.52. The summed E-state index contributed by atoms with van der Waals surface area (Å²) in [6, 6.07) is 14.7. The number of imide groups is 1. The molecule has 170 valence electrons. The number of fused-ring (bicyclic) bond motifs is 1. The van der Waals surface area contributed by atoms with Crippen LogP contribution in [0.25, 0.3) is 0 Å². The molecule has 1 saturated heterocycles. The number of hydrogen-bond acceptors (Lipinski definition) is 6. The number of hydrogen-bond donors (Lipinski definition) is 2. The van der Waals surface area contributed by atoms with Gasteiger partial charge in [0, 0.05) is 16.3 Å². The minimum Gasteiger partial charge on any atom is -0.318 e. The smallest absolute Gasteiger partial charge is 0.318 e. The van der Waals surface area contributed by atoms with Gasteiger partial charge in [-0.2, -0.15) is 5.01 Å². The van der Waals surface area contributed by atoms with Gasteiger partial charge in [0.05, 0.1) is 12.6 Å². The first-order valence-corrected chi connectivity index (χ1v) is 12.6. The third-order valence-corrected chi connectivity index (χ3v) is 8.27. The Labute approximate surface area is 200 Å². The molecule has 3 aromatic rings. The number of hydrazine groups is 1. The monoisotopic (exact) mass is 480 g/mol. The van der Waals surface area contributed by atoms with Gasteiger partial charge in [-0.1, -0.05) is 43.3 Å². The number of carbonyl (C=O) groups excluding carboxylic acids is 3. The van der Waals surface area contributed by atoms with Crippen LogP contribution >= 0.6 is 22.7 Å². The summed E-state index contributed by atoms with van der Waals surface area (Å²) in [7, 11) is 0. The largest absolute Gasteiger partial charge is 0.344 e. The van der Waals surface area contributed by atoms with Crippen molar-refractivity contribution in [1.29, 1.82) is 0 Å². The topological polar surface area (TPSA) is 81.8 Å². The molecule has 5 rings (SSSR count). The van der Waals surface area contributed by atoms with E-state index in [1.165, 1.54) is 15.3 Å². The molecule has 4 heterocycles. The van der Waals surface area contributed by atoms with Crippen molar-refractivity contribution in [1.82, 2.24) is 20.7 Å². The molecule has 2 atom stereocenters. The van der Waals surface area contributed by atoms with Gasteiger partial charge in [0.1, 0.15) is 5.54 Å². The van der Waals surface area contributed by atoms with E-state index in [4.69, 9.17) is 0 Å². The molecule has 0 spiro atoms. The molecule has 4 amide bonds. The van der Waals surface area contributed by atoms with Gasteiger partial charge in [0.15, 0.2) is 0 Å². The van der Waals surface area contributed by atoms with Crippen LogP contribution in [0.1, 0.15) is 40.3 Å². The fourth-order valence-corrected chi connectivity index (χ4v) is 6.48. The van der Waals surface area contributed by atoms with Crippen LogP contribution in [0, 0.1) is 0 Å². The van der Waals surface area contributed by atoms with Crippen molar-refractivity contribution in [3.8, 4) is 0 Å². The molecule has 1 aromatic carbocycles. The summed E-state index contributed by atoms with van der Waals surface area (Å²) in [6.45, 7) is 2.65. The zero-order valence-electron chi connectivity index (χ0n) is 18.1. The molecule has 0 unspecified atom stereocenters. The summed E-state index contributed by atoms with van der Waals surface area (Å²) in [5.74, 6) is -0.859. The van der Waals surface area contributed by atoms with E-state index in [-0.39, 0.29) is 12.6 Å². The van der Waals surface area contributed by atoms with Crippen LogP contribution in [0.2, 0.25) is 0 Å². The van der Waals surface area contributed by atoms with E-state index in [0.717, 1.165) is 18.0 Å². The Morgan fingerprint density at radius 1 is 1.12 bits per heavy atom. The second-order valence-corrected chi connectivity index (χ2v) is 10.1. The Morgan fingerprint density at radius 2 is 1.94 bits per heavy atom. The highest BCUT2D eigenvalue weighted by Gasteiger charge is 2.52. The highest BCUT2D eigenvalue weighted by molar-refractivity contribution is 7.10. The first-order chi connectivity index (χ1) is 16.0. The number of rotatable bonds is 6. The molecular weight excluding hydrogens is 456 g/mol. The quantitative estimate of drug-likeness (QED) is 0.528. The molecule has 2 N–H and O–H groups in total. The molecule has 0 radical (unpaired) electrons. The fraction of sp³-hybridized carbons (Fsp3) is 0.292. The second kappa shape index (κ2) is 8.74. The van der Waals surface area contributed by atoms with Crippen molar-refractivity contribution >= 4 is 40.5 Å². The van der Waals surface area contributed by atoms with Crippen molar-refractivity contribution in [2.75, 3.05) is 13.1 Å². The minimum atomic E-state index is -1.18. The lowest BCUT2D eigenvalue weighted by atomic mass is 9.87. The van der Waals surface area contributed by atoms with E-state index in [0.29, 0.717) is 12.0 Å². The van der Waals surface area contributed by atoms with Crippen molar-refractivity contribution in [3.05, 3.63) is 80.2 Å². The van der Waals surface area contributed by atoms with Crippen LogP contribution < -0.4 is 10.7 Å². The van der Waals surface area contributed by atoms with E-state index in [1.807, 2.05) is 48.7 Å². The van der Waals surface area contributed by atoms with Crippen LogP contribution in [0.4, 0.5) is 4.79 Å². The standard InChI is InChI=1S/C24H24N4O3S2/c1-2-24(16-7-4-3-5-8-16)22(30)28(23(31)25-24)26-20(29)15-27-12-10-18-17(11-14-33-18)21(27)19-9-6-13-32-19/h3-9,11,13-14,21H,2,10,12,15H2,1H3,(H,25,31)(H,26,29)/t21-,24+/m0/s1. The minimum absolute atomic E-state index is 0.00657. The van der Waals surface area contributed by atoms with Crippen LogP contribution in [0.3, 0.4) is 0 Å². The summed E-state index contributed by atoms with van der Waals surface area (Å²) in [5, 5.41) is 7.76. The lowest BCUT2D eigenvalue weighted by molar-refractivity contribution is -0.140. The SMILES string of the molecule is CC[C@]1(c2ccccc2)NC(=O)N(NC(=O)CN2CCc3sccc3[C@H]2c2cccs2)C1=O. The summed E-state index contributed by atoms with van der Waals surface area (Å²) >= 11 is 3.41.